The van der Waals surface area contributed by atoms with E-state index >= 15 is 0 Å². The first kappa shape index (κ1) is 51.0. The zero-order chi connectivity index (χ0) is 46.9. The molecule has 1 radical (unpaired) electrons. The van der Waals surface area contributed by atoms with Crippen molar-refractivity contribution in [1.29, 1.82) is 0 Å². The minimum absolute atomic E-state index is 0. The second kappa shape index (κ2) is 22.5. The van der Waals surface area contributed by atoms with E-state index < -0.39 is 0 Å². The zero-order valence-electron chi connectivity index (χ0n) is 40.9. The van der Waals surface area contributed by atoms with Gasteiger partial charge in [0.05, 0.1) is 5.69 Å². The molecule has 0 aliphatic carbocycles. The fraction of sp³-hybridized carbons (Fsp3) is 0.226. The molecule has 0 fully saturated rings. The van der Waals surface area contributed by atoms with Crippen LogP contribution in [-0.4, -0.2) is 9.55 Å². The molecule has 0 aliphatic heterocycles. The first-order chi connectivity index (χ1) is 30.9. The second-order valence-corrected chi connectivity index (χ2v) is 19.5. The van der Waals surface area contributed by atoms with E-state index in [0.717, 1.165) is 39.2 Å². The fourth-order valence-electron chi connectivity index (χ4n) is 7.72. The van der Waals surface area contributed by atoms with E-state index in [4.69, 9.17) is 10.3 Å². The van der Waals surface area contributed by atoms with Crippen LogP contribution in [0.1, 0.15) is 120 Å². The van der Waals surface area contributed by atoms with E-state index in [2.05, 4.69) is 180 Å². The van der Waals surface area contributed by atoms with E-state index in [1.54, 1.807) is 0 Å². The van der Waals surface area contributed by atoms with Crippen molar-refractivity contribution < 1.29 is 26.2 Å². The number of para-hydroxylation sites is 1. The Balaban J connectivity index is 0.000000301. The predicted molar refractivity (Wildman–Crippen MR) is 283 cm³/mol. The predicted octanol–water partition coefficient (Wildman–Crippen LogP) is 18.1. The van der Waals surface area contributed by atoms with Crippen LogP contribution in [0.4, 0.5) is 11.5 Å². The average Bonchev–Trinajstić information content (AvgIpc) is 3.68. The normalized spacial score (nSPS) is 11.2. The molecular weight excluding hydrogens is 878 g/mol. The van der Waals surface area contributed by atoms with Gasteiger partial charge in [-0.25, -0.2) is 0 Å². The Labute approximate surface area is 415 Å². The molecule has 335 valence electrons. The molecule has 0 atom stereocenters. The molecule has 0 spiro atoms. The molecule has 2 aromatic heterocycles. The van der Waals surface area contributed by atoms with E-state index in [1.807, 2.05) is 91.0 Å². The summed E-state index contributed by atoms with van der Waals surface area (Å²) in [5.74, 6) is 1.48. The van der Waals surface area contributed by atoms with Gasteiger partial charge in [0.15, 0.2) is 0 Å². The van der Waals surface area contributed by atoms with Crippen LogP contribution in [-0.2, 0) is 37.0 Å². The van der Waals surface area contributed by atoms with Crippen molar-refractivity contribution in [2.75, 3.05) is 0 Å². The first-order valence-electron chi connectivity index (χ1n) is 22.9. The average molecular weight is 945 g/mol. The third-order valence-corrected chi connectivity index (χ3v) is 11.5. The molecule has 0 saturated carbocycles. The van der Waals surface area contributed by atoms with Crippen LogP contribution in [0.25, 0.3) is 43.6 Å². The van der Waals surface area contributed by atoms with Crippen LogP contribution in [0, 0.1) is 20.8 Å². The number of aromatic nitrogens is 2. The third-order valence-electron chi connectivity index (χ3n) is 11.5. The minimum atomic E-state index is 0. The van der Waals surface area contributed by atoms with Crippen molar-refractivity contribution in [3.8, 4) is 5.69 Å². The maximum Gasteiger partial charge on any atom is 3.00 e. The number of benzene rings is 7. The van der Waals surface area contributed by atoms with Gasteiger partial charge in [-0.05, 0) is 85.0 Å². The second-order valence-electron chi connectivity index (χ2n) is 19.5. The van der Waals surface area contributed by atoms with E-state index in [1.165, 1.54) is 49.5 Å². The van der Waals surface area contributed by atoms with E-state index in [9.17, 15) is 0 Å². The summed E-state index contributed by atoms with van der Waals surface area (Å²) >= 11 is 0. The molecule has 2 heterocycles. The number of rotatable bonds is 5. The summed E-state index contributed by atoms with van der Waals surface area (Å²) in [6.07, 6.45) is 2.18. The number of pyridine rings is 1. The van der Waals surface area contributed by atoms with Crippen LogP contribution >= 0.6 is 0 Å². The monoisotopic (exact) mass is 943 g/mol. The summed E-state index contributed by atoms with van der Waals surface area (Å²) in [6.45, 7) is 33.8. The number of hydrogen-bond donors (Lipinski definition) is 0. The molecule has 4 heteroatoms. The summed E-state index contributed by atoms with van der Waals surface area (Å²) in [5.41, 5.74) is 11.7. The largest absolute Gasteiger partial charge is 3.00 e. The van der Waals surface area contributed by atoms with Gasteiger partial charge >= 0.3 is 26.2 Å². The number of fused-ring (bicyclic) bond motifs is 3. The minimum Gasteiger partial charge on any atom is -0.436 e. The number of nitrogens with zero attached hydrogens (tertiary/aromatic N) is 3. The zero-order valence-corrected chi connectivity index (χ0v) is 43.3. The van der Waals surface area contributed by atoms with Crippen molar-refractivity contribution >= 4 is 44.1 Å². The van der Waals surface area contributed by atoms with Gasteiger partial charge in [-0.15, -0.1) is 36.4 Å². The van der Waals surface area contributed by atoms with Crippen LogP contribution in [0.2, 0.25) is 0 Å². The Morgan fingerprint density at radius 2 is 0.939 bits per heavy atom. The molecule has 0 amide bonds. The summed E-state index contributed by atoms with van der Waals surface area (Å²) in [4.78, 5) is 5.25. The maximum atomic E-state index is 5.25. The standard InChI is InChI=1S/C41H46N3.3C7H7.Zr/c1-25(2)32-12-11-13-33(26(3)4)37(32)42-36-19-15-27-20-21-44(39(27)43-36)38-34-18-17-30(40(5,6)7)23-29(34)22-28-14-16-31(24-35(28)38)41(8,9)10;3*1-7-5-3-2-4-6-7;/h11-26H,1-10H3;3*2-6H,1H2;/q4*-1;+3. The van der Waals surface area contributed by atoms with Gasteiger partial charge in [0, 0.05) is 22.6 Å². The smallest absolute Gasteiger partial charge is 0.436 e. The first-order valence-corrected chi connectivity index (χ1v) is 22.9. The Morgan fingerprint density at radius 1 is 0.470 bits per heavy atom. The Hall–Kier alpha value is -5.96. The maximum absolute atomic E-state index is 5.25. The van der Waals surface area contributed by atoms with Crippen LogP contribution in [0.5, 0.6) is 0 Å². The molecule has 0 N–H and O–H groups in total. The summed E-state index contributed by atoms with van der Waals surface area (Å²) < 4.78 is 2.29. The molecule has 0 aliphatic rings. The van der Waals surface area contributed by atoms with Crippen LogP contribution in [0.3, 0.4) is 0 Å². The van der Waals surface area contributed by atoms with Gasteiger partial charge in [-0.1, -0.05) is 154 Å². The van der Waals surface area contributed by atoms with Crippen molar-refractivity contribution in [3.05, 3.63) is 241 Å². The Bertz CT molecular complexity index is 2820. The summed E-state index contributed by atoms with van der Waals surface area (Å²) in [6, 6.07) is 58.9. The molecule has 0 bridgehead atoms. The van der Waals surface area contributed by atoms with Crippen LogP contribution < -0.4 is 0 Å². The van der Waals surface area contributed by atoms with Gasteiger partial charge in [-0.3, -0.25) is 0 Å². The van der Waals surface area contributed by atoms with E-state index in [0.29, 0.717) is 11.8 Å². The molecule has 9 rings (SSSR count). The Kier molecular flexibility index (Phi) is 17.4. The SMILES string of the molecule is CC(C)c1cccc(C(C)C)c1[N-]c1ccc2ccn(-c3c4ccc(C(C)(C)C)cc4cc4ccc(C(C)(C)C)cc34)c2n1.[CH2-]c1ccccc1.[CH2-]c1ccccc1.[CH2-]c1ccccc1.[Zr+3]. The molecule has 66 heavy (non-hydrogen) atoms. The van der Waals surface area contributed by atoms with Crippen molar-refractivity contribution in [1.82, 2.24) is 9.55 Å². The van der Waals surface area contributed by atoms with Crippen LogP contribution in [0.15, 0.2) is 176 Å². The third kappa shape index (κ3) is 13.1. The molecular formula is C62H67N3Zr-. The van der Waals surface area contributed by atoms with E-state index in [-0.39, 0.29) is 37.0 Å². The van der Waals surface area contributed by atoms with Crippen molar-refractivity contribution in [2.24, 2.45) is 0 Å². The van der Waals surface area contributed by atoms with Gasteiger partial charge < -0.3 is 14.9 Å². The molecule has 7 aromatic carbocycles. The quantitative estimate of drug-likeness (QED) is 0.125. The van der Waals surface area contributed by atoms with Gasteiger partial charge in [0.2, 0.25) is 0 Å². The van der Waals surface area contributed by atoms with Crippen molar-refractivity contribution in [3.63, 3.8) is 0 Å². The topological polar surface area (TPSA) is 31.9 Å². The molecule has 9 aromatic rings. The van der Waals surface area contributed by atoms with Gasteiger partial charge in [0.25, 0.3) is 0 Å². The molecule has 0 unspecified atom stereocenters. The number of hydrogen-bond acceptors (Lipinski definition) is 1. The van der Waals surface area contributed by atoms with Crippen molar-refractivity contribution in [2.45, 2.75) is 91.9 Å². The fourth-order valence-corrected chi connectivity index (χ4v) is 7.72. The van der Waals surface area contributed by atoms with Gasteiger partial charge in [0.1, 0.15) is 0 Å². The van der Waals surface area contributed by atoms with Gasteiger partial charge in [-0.2, -0.15) is 73.9 Å². The summed E-state index contributed by atoms with van der Waals surface area (Å²) in [7, 11) is 0. The molecule has 3 nitrogen and oxygen atoms in total. The summed E-state index contributed by atoms with van der Waals surface area (Å²) in [5, 5.41) is 11.3. The Morgan fingerprint density at radius 3 is 1.39 bits per heavy atom. The molecule has 0 saturated heterocycles.